The number of thiophene rings is 1. The minimum atomic E-state index is 0.668. The molecule has 6 heteroatoms. The summed E-state index contributed by atoms with van der Waals surface area (Å²) in [6, 6.07) is 2.06. The maximum atomic E-state index is 4.62. The summed E-state index contributed by atoms with van der Waals surface area (Å²) in [4.78, 5) is 14.5. The van der Waals surface area contributed by atoms with Crippen molar-refractivity contribution >= 4 is 27.4 Å². The van der Waals surface area contributed by atoms with Crippen molar-refractivity contribution in [3.05, 3.63) is 23.8 Å². The van der Waals surface area contributed by atoms with Gasteiger partial charge in [0.25, 0.3) is 0 Å². The maximum Gasteiger partial charge on any atom is 0.199 e. The van der Waals surface area contributed by atoms with Gasteiger partial charge in [0.05, 0.1) is 5.39 Å². The third-order valence-electron chi connectivity index (χ3n) is 2.89. The summed E-state index contributed by atoms with van der Waals surface area (Å²) < 4.78 is 1.93. The molecule has 0 unspecified atom stereocenters. The second-order valence-electron chi connectivity index (χ2n) is 4.32. The van der Waals surface area contributed by atoms with Crippen molar-refractivity contribution in [3.8, 4) is 11.6 Å². The van der Waals surface area contributed by atoms with E-state index in [1.54, 1.807) is 17.5 Å². The zero-order chi connectivity index (χ0) is 13.2. The number of aromatic nitrogens is 4. The Kier molecular flexibility index (Phi) is 3.16. The minimum Gasteiger partial charge on any atom is -0.369 e. The van der Waals surface area contributed by atoms with Crippen LogP contribution < -0.4 is 5.32 Å². The van der Waals surface area contributed by atoms with Gasteiger partial charge in [-0.25, -0.2) is 15.0 Å². The highest BCUT2D eigenvalue weighted by Crippen LogP contribution is 2.27. The Hall–Kier alpha value is -1.95. The van der Waals surface area contributed by atoms with Gasteiger partial charge < -0.3 is 9.88 Å². The molecule has 0 aliphatic rings. The van der Waals surface area contributed by atoms with Gasteiger partial charge in [0.2, 0.25) is 0 Å². The molecule has 0 saturated carbocycles. The van der Waals surface area contributed by atoms with Crippen LogP contribution in [0.5, 0.6) is 0 Å². The molecule has 1 N–H and O–H groups in total. The number of fused-ring (bicyclic) bond motifs is 1. The molecule has 0 aliphatic carbocycles. The normalized spacial score (nSPS) is 11.1. The first-order chi connectivity index (χ1) is 9.29. The van der Waals surface area contributed by atoms with Gasteiger partial charge in [0.1, 0.15) is 10.6 Å². The molecule has 0 atom stereocenters. The van der Waals surface area contributed by atoms with Crippen molar-refractivity contribution in [2.45, 2.75) is 13.3 Å². The molecule has 0 aromatic carbocycles. The van der Waals surface area contributed by atoms with E-state index in [1.165, 1.54) is 0 Å². The molecule has 0 aliphatic heterocycles. The molecule has 3 aromatic rings. The SMILES string of the molecule is CCCNc1nc(-c2nccn2C)nc2sccc12. The molecule has 0 bridgehead atoms. The Labute approximate surface area is 115 Å². The van der Waals surface area contributed by atoms with E-state index in [9.17, 15) is 0 Å². The van der Waals surface area contributed by atoms with E-state index in [1.807, 2.05) is 23.2 Å². The molecular weight excluding hydrogens is 258 g/mol. The lowest BCUT2D eigenvalue weighted by atomic mass is 10.3. The Morgan fingerprint density at radius 1 is 1.37 bits per heavy atom. The summed E-state index contributed by atoms with van der Waals surface area (Å²) in [5, 5.41) is 6.48. The second-order valence-corrected chi connectivity index (χ2v) is 5.22. The first kappa shape index (κ1) is 12.1. The molecule has 3 rings (SSSR count). The third kappa shape index (κ3) is 2.19. The summed E-state index contributed by atoms with van der Waals surface area (Å²) in [6.07, 6.45) is 4.72. The second kappa shape index (κ2) is 4.97. The molecule has 19 heavy (non-hydrogen) atoms. The van der Waals surface area contributed by atoms with Crippen molar-refractivity contribution in [2.24, 2.45) is 7.05 Å². The molecule has 5 nitrogen and oxygen atoms in total. The van der Waals surface area contributed by atoms with Crippen LogP contribution >= 0.6 is 11.3 Å². The Morgan fingerprint density at radius 2 is 2.26 bits per heavy atom. The summed E-state index contributed by atoms with van der Waals surface area (Å²) in [5.74, 6) is 2.35. The lowest BCUT2D eigenvalue weighted by Crippen LogP contribution is -2.05. The van der Waals surface area contributed by atoms with Crippen LogP contribution in [-0.2, 0) is 7.05 Å². The average molecular weight is 273 g/mol. The van der Waals surface area contributed by atoms with Gasteiger partial charge in [-0.1, -0.05) is 6.92 Å². The molecule has 3 aromatic heterocycles. The van der Waals surface area contributed by atoms with Crippen LogP contribution in [0, 0.1) is 0 Å². The van der Waals surface area contributed by atoms with Gasteiger partial charge in [0, 0.05) is 26.0 Å². The highest BCUT2D eigenvalue weighted by Gasteiger charge is 2.12. The number of hydrogen-bond acceptors (Lipinski definition) is 5. The van der Waals surface area contributed by atoms with E-state index < -0.39 is 0 Å². The minimum absolute atomic E-state index is 0.668. The van der Waals surface area contributed by atoms with Gasteiger partial charge in [-0.2, -0.15) is 0 Å². The van der Waals surface area contributed by atoms with Gasteiger partial charge >= 0.3 is 0 Å². The van der Waals surface area contributed by atoms with E-state index in [4.69, 9.17) is 0 Å². The monoisotopic (exact) mass is 273 g/mol. The van der Waals surface area contributed by atoms with E-state index in [2.05, 4.69) is 33.3 Å². The van der Waals surface area contributed by atoms with Gasteiger partial charge in [-0.3, -0.25) is 0 Å². The van der Waals surface area contributed by atoms with Crippen LogP contribution in [-0.4, -0.2) is 26.1 Å². The summed E-state index contributed by atoms with van der Waals surface area (Å²) in [5.41, 5.74) is 0. The quantitative estimate of drug-likeness (QED) is 0.794. The van der Waals surface area contributed by atoms with Gasteiger partial charge in [-0.15, -0.1) is 11.3 Å². The first-order valence-electron chi connectivity index (χ1n) is 6.26. The molecule has 0 radical (unpaired) electrons. The Bertz CT molecular complexity index is 700. The number of nitrogens with zero attached hydrogens (tertiary/aromatic N) is 4. The average Bonchev–Trinajstić information content (AvgIpc) is 3.03. The van der Waals surface area contributed by atoms with E-state index in [0.29, 0.717) is 5.82 Å². The molecule has 0 spiro atoms. The fraction of sp³-hybridized carbons (Fsp3) is 0.308. The zero-order valence-electron chi connectivity index (χ0n) is 10.9. The van der Waals surface area contributed by atoms with Crippen molar-refractivity contribution in [1.82, 2.24) is 19.5 Å². The van der Waals surface area contributed by atoms with E-state index >= 15 is 0 Å². The fourth-order valence-corrected chi connectivity index (χ4v) is 2.68. The number of nitrogens with one attached hydrogen (secondary N) is 1. The molecular formula is C13H15N5S. The zero-order valence-corrected chi connectivity index (χ0v) is 11.7. The van der Waals surface area contributed by atoms with Crippen LogP contribution in [0.25, 0.3) is 21.9 Å². The van der Waals surface area contributed by atoms with Crippen molar-refractivity contribution in [3.63, 3.8) is 0 Å². The van der Waals surface area contributed by atoms with E-state index in [-0.39, 0.29) is 0 Å². The number of rotatable bonds is 4. The predicted molar refractivity (Wildman–Crippen MR) is 78.4 cm³/mol. The number of imidazole rings is 1. The van der Waals surface area contributed by atoms with Crippen LogP contribution in [0.4, 0.5) is 5.82 Å². The van der Waals surface area contributed by atoms with Crippen molar-refractivity contribution in [2.75, 3.05) is 11.9 Å². The molecule has 0 saturated heterocycles. The van der Waals surface area contributed by atoms with Crippen LogP contribution in [0.15, 0.2) is 23.8 Å². The third-order valence-corrected chi connectivity index (χ3v) is 3.70. The highest BCUT2D eigenvalue weighted by atomic mass is 32.1. The first-order valence-corrected chi connectivity index (χ1v) is 7.14. The lowest BCUT2D eigenvalue weighted by Gasteiger charge is -2.07. The summed E-state index contributed by atoms with van der Waals surface area (Å²) in [7, 11) is 1.95. The number of aryl methyl sites for hydroxylation is 1. The number of hydrogen-bond donors (Lipinski definition) is 1. The summed E-state index contributed by atoms with van der Waals surface area (Å²) in [6.45, 7) is 3.04. The van der Waals surface area contributed by atoms with Crippen LogP contribution in [0.2, 0.25) is 0 Å². The van der Waals surface area contributed by atoms with E-state index in [0.717, 1.165) is 34.8 Å². The van der Waals surface area contributed by atoms with Gasteiger partial charge in [-0.05, 0) is 17.9 Å². The Balaban J connectivity index is 2.13. The predicted octanol–water partition coefficient (Wildman–Crippen LogP) is 2.91. The lowest BCUT2D eigenvalue weighted by molar-refractivity contribution is 0.907. The largest absolute Gasteiger partial charge is 0.369 e. The van der Waals surface area contributed by atoms with Crippen LogP contribution in [0.1, 0.15) is 13.3 Å². The molecule has 0 fully saturated rings. The fourth-order valence-electron chi connectivity index (χ4n) is 1.91. The Morgan fingerprint density at radius 3 is 3.00 bits per heavy atom. The molecule has 3 heterocycles. The summed E-state index contributed by atoms with van der Waals surface area (Å²) >= 11 is 1.62. The number of anilines is 1. The van der Waals surface area contributed by atoms with Crippen molar-refractivity contribution in [1.29, 1.82) is 0 Å². The topological polar surface area (TPSA) is 55.6 Å². The highest BCUT2D eigenvalue weighted by molar-refractivity contribution is 7.16. The van der Waals surface area contributed by atoms with Crippen LogP contribution in [0.3, 0.4) is 0 Å². The van der Waals surface area contributed by atoms with Crippen molar-refractivity contribution < 1.29 is 0 Å². The standard InChI is InChI=1S/C13H15N5S/c1-3-5-14-10-9-4-8-19-13(9)17-11(16-10)12-15-6-7-18(12)2/h4,6-8H,3,5H2,1-2H3,(H,14,16,17). The smallest absolute Gasteiger partial charge is 0.199 e. The molecule has 98 valence electrons. The molecule has 0 amide bonds. The van der Waals surface area contributed by atoms with Gasteiger partial charge in [0.15, 0.2) is 11.6 Å². The maximum absolute atomic E-state index is 4.62.